The molecule has 0 aliphatic carbocycles. The van der Waals surface area contributed by atoms with Crippen LogP contribution in [0, 0.1) is 6.92 Å². The summed E-state index contributed by atoms with van der Waals surface area (Å²) in [5, 5.41) is 0. The van der Waals surface area contributed by atoms with E-state index in [1.807, 2.05) is 13.0 Å². The number of hydrogen-bond acceptors (Lipinski definition) is 2. The first-order valence-corrected chi connectivity index (χ1v) is 5.07. The lowest BCUT2D eigenvalue weighted by molar-refractivity contribution is 0.561. The highest BCUT2D eigenvalue weighted by Crippen LogP contribution is 2.23. The fraction of sp³-hybridized carbons (Fsp3) is 0.417. The van der Waals surface area contributed by atoms with Crippen LogP contribution in [0.2, 0.25) is 0 Å². The Balaban J connectivity index is 2.50. The summed E-state index contributed by atoms with van der Waals surface area (Å²) in [6.07, 6.45) is 1.16. The van der Waals surface area contributed by atoms with Crippen molar-refractivity contribution in [3.8, 4) is 0 Å². The van der Waals surface area contributed by atoms with Gasteiger partial charge in [0.1, 0.15) is 5.52 Å². The molecule has 0 aliphatic heterocycles. The van der Waals surface area contributed by atoms with Crippen LogP contribution in [0.4, 0.5) is 0 Å². The van der Waals surface area contributed by atoms with Crippen LogP contribution in [-0.2, 0) is 0 Å². The molecule has 0 amide bonds. The number of hydrogen-bond donors (Lipinski definition) is 0. The van der Waals surface area contributed by atoms with Crippen molar-refractivity contribution in [3.63, 3.8) is 0 Å². The predicted molar refractivity (Wildman–Crippen MR) is 57.5 cm³/mol. The molecule has 2 heteroatoms. The Morgan fingerprint density at radius 2 is 2.21 bits per heavy atom. The molecule has 0 spiro atoms. The van der Waals surface area contributed by atoms with E-state index in [-0.39, 0.29) is 0 Å². The van der Waals surface area contributed by atoms with Gasteiger partial charge in [0.2, 0.25) is 0 Å². The summed E-state index contributed by atoms with van der Waals surface area (Å²) in [6, 6.07) is 6.26. The minimum absolute atomic E-state index is 0.594. The summed E-state index contributed by atoms with van der Waals surface area (Å²) >= 11 is 0. The third-order valence-corrected chi connectivity index (χ3v) is 2.70. The fourth-order valence-electron chi connectivity index (χ4n) is 1.60. The second-order valence-electron chi connectivity index (χ2n) is 3.77. The first kappa shape index (κ1) is 9.25. The monoisotopic (exact) mass is 189 g/mol. The van der Waals surface area contributed by atoms with Crippen molar-refractivity contribution in [3.05, 3.63) is 29.7 Å². The molecule has 14 heavy (non-hydrogen) atoms. The Kier molecular flexibility index (Phi) is 2.28. The summed E-state index contributed by atoms with van der Waals surface area (Å²) < 4.78 is 5.43. The van der Waals surface area contributed by atoms with Crippen LogP contribution in [0.5, 0.6) is 0 Å². The molecule has 0 saturated heterocycles. The van der Waals surface area contributed by atoms with Crippen molar-refractivity contribution in [1.29, 1.82) is 0 Å². The van der Waals surface area contributed by atoms with Crippen LogP contribution >= 0.6 is 0 Å². The van der Waals surface area contributed by atoms with E-state index in [0.717, 1.165) is 23.4 Å². The van der Waals surface area contributed by atoms with E-state index in [2.05, 4.69) is 31.0 Å². The number of rotatable bonds is 2. The van der Waals surface area contributed by atoms with Crippen molar-refractivity contribution in [2.24, 2.45) is 0 Å². The normalized spacial score (nSPS) is 13.4. The average Bonchev–Trinajstić information content (AvgIpc) is 2.55. The lowest BCUT2D eigenvalue weighted by Gasteiger charge is -2.07. The van der Waals surface area contributed by atoms with E-state index in [4.69, 9.17) is 4.42 Å². The lowest BCUT2D eigenvalue weighted by atomic mass is 9.98. The number of benzene rings is 1. The van der Waals surface area contributed by atoms with Gasteiger partial charge in [-0.05, 0) is 30.0 Å². The summed E-state index contributed by atoms with van der Waals surface area (Å²) in [4.78, 5) is 4.32. The van der Waals surface area contributed by atoms with E-state index in [9.17, 15) is 0 Å². The molecule has 2 nitrogen and oxygen atoms in total. The van der Waals surface area contributed by atoms with E-state index < -0.39 is 0 Å². The minimum Gasteiger partial charge on any atom is -0.441 e. The van der Waals surface area contributed by atoms with Crippen molar-refractivity contribution in [2.75, 3.05) is 0 Å². The molecule has 1 unspecified atom stereocenters. The largest absolute Gasteiger partial charge is 0.441 e. The smallest absolute Gasteiger partial charge is 0.192 e. The number of aryl methyl sites for hydroxylation is 1. The molecule has 2 aromatic rings. The molecule has 1 heterocycles. The van der Waals surface area contributed by atoms with Gasteiger partial charge in [0.25, 0.3) is 0 Å². The molecule has 0 radical (unpaired) electrons. The summed E-state index contributed by atoms with van der Waals surface area (Å²) in [5.41, 5.74) is 3.20. The van der Waals surface area contributed by atoms with Gasteiger partial charge in [0.05, 0.1) is 0 Å². The van der Waals surface area contributed by atoms with E-state index >= 15 is 0 Å². The van der Waals surface area contributed by atoms with Crippen LogP contribution in [0.3, 0.4) is 0 Å². The lowest BCUT2D eigenvalue weighted by Crippen LogP contribution is -1.90. The van der Waals surface area contributed by atoms with Gasteiger partial charge in [-0.1, -0.05) is 19.9 Å². The Bertz CT molecular complexity index is 445. The van der Waals surface area contributed by atoms with E-state index in [0.29, 0.717) is 5.92 Å². The summed E-state index contributed by atoms with van der Waals surface area (Å²) in [5.74, 6) is 1.33. The maximum atomic E-state index is 5.43. The highest BCUT2D eigenvalue weighted by atomic mass is 16.3. The highest BCUT2D eigenvalue weighted by molar-refractivity contribution is 5.73. The van der Waals surface area contributed by atoms with Gasteiger partial charge in [-0.25, -0.2) is 4.98 Å². The topological polar surface area (TPSA) is 26.0 Å². The second kappa shape index (κ2) is 3.45. The van der Waals surface area contributed by atoms with Gasteiger partial charge in [-0.2, -0.15) is 0 Å². The van der Waals surface area contributed by atoms with Crippen LogP contribution < -0.4 is 0 Å². The van der Waals surface area contributed by atoms with Gasteiger partial charge in [0.15, 0.2) is 11.5 Å². The number of aromatic nitrogens is 1. The first-order chi connectivity index (χ1) is 6.70. The Hall–Kier alpha value is -1.31. The molecule has 0 saturated carbocycles. The molecule has 0 N–H and O–H groups in total. The molecule has 1 aromatic carbocycles. The summed E-state index contributed by atoms with van der Waals surface area (Å²) in [6.45, 7) is 6.31. The molecule has 1 atom stereocenters. The van der Waals surface area contributed by atoms with Crippen molar-refractivity contribution in [2.45, 2.75) is 33.1 Å². The molecule has 74 valence electrons. The van der Waals surface area contributed by atoms with Crippen LogP contribution in [0.1, 0.15) is 37.6 Å². The quantitative estimate of drug-likeness (QED) is 0.720. The van der Waals surface area contributed by atoms with E-state index in [1.165, 1.54) is 5.56 Å². The minimum atomic E-state index is 0.594. The van der Waals surface area contributed by atoms with Crippen LogP contribution in [-0.4, -0.2) is 4.98 Å². The molecule has 1 aromatic heterocycles. The maximum Gasteiger partial charge on any atom is 0.192 e. The molecule has 2 rings (SSSR count). The zero-order chi connectivity index (χ0) is 10.1. The molecule has 0 bridgehead atoms. The number of fused-ring (bicyclic) bond motifs is 1. The van der Waals surface area contributed by atoms with Crippen LogP contribution in [0.15, 0.2) is 22.6 Å². The zero-order valence-corrected chi connectivity index (χ0v) is 8.87. The van der Waals surface area contributed by atoms with Crippen molar-refractivity contribution in [1.82, 2.24) is 4.98 Å². The SMILES string of the molecule is CCC(C)c1ccc2oc(C)nc2c1. The fourth-order valence-corrected chi connectivity index (χ4v) is 1.60. The zero-order valence-electron chi connectivity index (χ0n) is 8.87. The molecular weight excluding hydrogens is 174 g/mol. The van der Waals surface area contributed by atoms with Gasteiger partial charge in [0, 0.05) is 6.92 Å². The second-order valence-corrected chi connectivity index (χ2v) is 3.77. The third kappa shape index (κ3) is 1.52. The van der Waals surface area contributed by atoms with Crippen molar-refractivity contribution < 1.29 is 4.42 Å². The highest BCUT2D eigenvalue weighted by Gasteiger charge is 2.06. The predicted octanol–water partition coefficient (Wildman–Crippen LogP) is 3.65. The Morgan fingerprint density at radius 1 is 1.43 bits per heavy atom. The maximum absolute atomic E-state index is 5.43. The molecule has 0 aliphatic rings. The van der Waals surface area contributed by atoms with Gasteiger partial charge in [-0.3, -0.25) is 0 Å². The number of oxazole rings is 1. The summed E-state index contributed by atoms with van der Waals surface area (Å²) in [7, 11) is 0. The molecular formula is C12H15NO. The first-order valence-electron chi connectivity index (χ1n) is 5.07. The average molecular weight is 189 g/mol. The standard InChI is InChI=1S/C12H15NO/c1-4-8(2)10-5-6-12-11(7-10)13-9(3)14-12/h5-8H,4H2,1-3H3. The Morgan fingerprint density at radius 3 is 2.93 bits per heavy atom. The van der Waals surface area contributed by atoms with E-state index in [1.54, 1.807) is 0 Å². The van der Waals surface area contributed by atoms with Crippen molar-refractivity contribution >= 4 is 11.1 Å². The van der Waals surface area contributed by atoms with Crippen LogP contribution in [0.25, 0.3) is 11.1 Å². The number of nitrogens with zero attached hydrogens (tertiary/aromatic N) is 1. The van der Waals surface area contributed by atoms with Gasteiger partial charge >= 0.3 is 0 Å². The van der Waals surface area contributed by atoms with Gasteiger partial charge in [-0.15, -0.1) is 0 Å². The Labute approximate surface area is 84.0 Å². The molecule has 0 fully saturated rings. The van der Waals surface area contributed by atoms with Gasteiger partial charge < -0.3 is 4.42 Å². The third-order valence-electron chi connectivity index (χ3n) is 2.70.